The van der Waals surface area contributed by atoms with Crippen molar-refractivity contribution in [2.45, 2.75) is 45.2 Å². The minimum atomic E-state index is -0.287. The summed E-state index contributed by atoms with van der Waals surface area (Å²) in [5.74, 6) is 1.67. The first-order chi connectivity index (χ1) is 17.5. The highest BCUT2D eigenvalue weighted by atomic mass is 35.5. The summed E-state index contributed by atoms with van der Waals surface area (Å²) in [5, 5.41) is 14.7. The van der Waals surface area contributed by atoms with Crippen LogP contribution in [0, 0.1) is 5.82 Å². The lowest BCUT2D eigenvalue weighted by Crippen LogP contribution is -2.38. The van der Waals surface area contributed by atoms with E-state index < -0.39 is 0 Å². The number of rotatable bonds is 11. The Bertz CT molecular complexity index is 1150. The lowest BCUT2D eigenvalue weighted by molar-refractivity contribution is 0.210. The van der Waals surface area contributed by atoms with Gasteiger partial charge in [-0.3, -0.25) is 4.90 Å². The maximum Gasteiger partial charge on any atom is 0.165 e. The zero-order chi connectivity index (χ0) is 25.5. The molecule has 37 heavy (non-hydrogen) atoms. The van der Waals surface area contributed by atoms with E-state index in [-0.39, 0.29) is 18.2 Å². The first-order valence-electron chi connectivity index (χ1n) is 12.8. The quantitative estimate of drug-likeness (QED) is 0.342. The molecule has 0 amide bonds. The smallest absolute Gasteiger partial charge is 0.165 e. The van der Waals surface area contributed by atoms with E-state index in [0.29, 0.717) is 18.4 Å². The molecule has 7 nitrogen and oxygen atoms in total. The summed E-state index contributed by atoms with van der Waals surface area (Å²) in [4.78, 5) is 4.47. The van der Waals surface area contributed by atoms with Gasteiger partial charge in [-0.1, -0.05) is 13.0 Å². The number of halogens is 2. The molecule has 2 aromatic carbocycles. The second-order valence-corrected chi connectivity index (χ2v) is 9.73. The monoisotopic (exact) mass is 531 g/mol. The number of hydrogen-bond donors (Lipinski definition) is 1. The third kappa shape index (κ3) is 7.66. The van der Waals surface area contributed by atoms with Crippen LogP contribution < -0.4 is 14.8 Å². The Hall–Kier alpha value is -2.68. The summed E-state index contributed by atoms with van der Waals surface area (Å²) in [6.45, 7) is 6.13. The molecule has 1 aliphatic rings. The van der Waals surface area contributed by atoms with Gasteiger partial charge in [0.2, 0.25) is 0 Å². The van der Waals surface area contributed by atoms with Crippen LogP contribution in [0.4, 0.5) is 10.2 Å². The minimum Gasteiger partial charge on any atom is -0.497 e. The van der Waals surface area contributed by atoms with Crippen molar-refractivity contribution >= 4 is 29.0 Å². The molecule has 4 rings (SSSR count). The summed E-state index contributed by atoms with van der Waals surface area (Å²) < 4.78 is 25.6. The van der Waals surface area contributed by atoms with E-state index in [1.807, 2.05) is 32.3 Å². The molecule has 0 unspecified atom stereocenters. The number of piperidine rings is 1. The summed E-state index contributed by atoms with van der Waals surface area (Å²) in [6.07, 6.45) is 3.67. The van der Waals surface area contributed by atoms with Crippen molar-refractivity contribution < 1.29 is 13.9 Å². The van der Waals surface area contributed by atoms with Crippen LogP contribution >= 0.6 is 12.4 Å². The molecule has 0 aliphatic carbocycles. The first-order valence-corrected chi connectivity index (χ1v) is 12.8. The standard InChI is InChI=1S/C28H38FN5O2.ClH/c1-5-26-23-9-8-22(35-4)18-24(23)28(32-31-26)30-21-11-14-34(15-12-21)19-20-7-10-27(25(29)17-20)36-16-6-13-33(2)3;/h7-10,17-18,21H,5-6,11-16,19H2,1-4H3,(H,30,32);1H. The van der Waals surface area contributed by atoms with Gasteiger partial charge in [0.25, 0.3) is 0 Å². The molecule has 0 saturated carbocycles. The Morgan fingerprint density at radius 2 is 1.86 bits per heavy atom. The number of aryl methyl sites for hydroxylation is 1. The third-order valence-electron chi connectivity index (χ3n) is 6.74. The predicted molar refractivity (Wildman–Crippen MR) is 150 cm³/mol. The number of benzene rings is 2. The lowest BCUT2D eigenvalue weighted by atomic mass is 10.0. The zero-order valence-electron chi connectivity index (χ0n) is 22.3. The Balaban J connectivity index is 0.00000380. The Labute approximate surface area is 225 Å². The second-order valence-electron chi connectivity index (χ2n) is 9.73. The molecular weight excluding hydrogens is 493 g/mol. The topological polar surface area (TPSA) is 62.8 Å². The van der Waals surface area contributed by atoms with Crippen LogP contribution in [0.25, 0.3) is 10.8 Å². The second kappa shape index (κ2) is 13.7. The van der Waals surface area contributed by atoms with E-state index in [1.54, 1.807) is 19.2 Å². The van der Waals surface area contributed by atoms with E-state index in [2.05, 4.69) is 38.3 Å². The van der Waals surface area contributed by atoms with Crippen molar-refractivity contribution in [1.29, 1.82) is 0 Å². The molecule has 2 heterocycles. The highest BCUT2D eigenvalue weighted by molar-refractivity contribution is 5.94. The average Bonchev–Trinajstić information content (AvgIpc) is 2.88. The summed E-state index contributed by atoms with van der Waals surface area (Å²) in [5.41, 5.74) is 1.96. The van der Waals surface area contributed by atoms with Crippen molar-refractivity contribution in [2.24, 2.45) is 0 Å². The maximum absolute atomic E-state index is 14.5. The largest absolute Gasteiger partial charge is 0.497 e. The SMILES string of the molecule is CCc1nnc(NC2CCN(Cc3ccc(OCCCN(C)C)c(F)c3)CC2)c2cc(OC)ccc12.Cl. The fourth-order valence-corrected chi connectivity index (χ4v) is 4.69. The molecule has 1 fully saturated rings. The Morgan fingerprint density at radius 1 is 1.08 bits per heavy atom. The van der Waals surface area contributed by atoms with Gasteiger partial charge in [-0.2, -0.15) is 5.10 Å². The van der Waals surface area contributed by atoms with E-state index in [9.17, 15) is 4.39 Å². The lowest BCUT2D eigenvalue weighted by Gasteiger charge is -2.32. The Kier molecular flexibility index (Phi) is 10.7. The predicted octanol–water partition coefficient (Wildman–Crippen LogP) is 5.17. The fraction of sp³-hybridized carbons (Fsp3) is 0.500. The average molecular weight is 532 g/mol. The molecule has 3 aromatic rings. The van der Waals surface area contributed by atoms with Gasteiger partial charge >= 0.3 is 0 Å². The molecule has 9 heteroatoms. The molecule has 1 saturated heterocycles. The number of methoxy groups -OCH3 is 1. The fourth-order valence-electron chi connectivity index (χ4n) is 4.69. The van der Waals surface area contributed by atoms with Crippen LogP contribution in [-0.4, -0.2) is 73.5 Å². The molecule has 1 aromatic heterocycles. The molecule has 0 radical (unpaired) electrons. The molecule has 0 bridgehead atoms. The number of anilines is 1. The number of likely N-dealkylation sites (tertiary alicyclic amines) is 1. The van der Waals surface area contributed by atoms with Gasteiger partial charge in [0.1, 0.15) is 5.75 Å². The summed E-state index contributed by atoms with van der Waals surface area (Å²) in [6, 6.07) is 11.7. The van der Waals surface area contributed by atoms with Gasteiger partial charge in [0, 0.05) is 43.0 Å². The van der Waals surface area contributed by atoms with Crippen LogP contribution in [0.1, 0.15) is 37.4 Å². The van der Waals surface area contributed by atoms with Crippen molar-refractivity contribution in [1.82, 2.24) is 20.0 Å². The molecule has 1 aliphatic heterocycles. The van der Waals surface area contributed by atoms with Crippen LogP contribution in [0.3, 0.4) is 0 Å². The summed E-state index contributed by atoms with van der Waals surface area (Å²) >= 11 is 0. The van der Waals surface area contributed by atoms with Crippen molar-refractivity contribution in [3.05, 3.63) is 53.5 Å². The molecule has 1 N–H and O–H groups in total. The van der Waals surface area contributed by atoms with Crippen molar-refractivity contribution in [3.8, 4) is 11.5 Å². The van der Waals surface area contributed by atoms with E-state index in [4.69, 9.17) is 9.47 Å². The van der Waals surface area contributed by atoms with Crippen LogP contribution in [0.5, 0.6) is 11.5 Å². The Morgan fingerprint density at radius 3 is 2.54 bits per heavy atom. The molecule has 0 spiro atoms. The third-order valence-corrected chi connectivity index (χ3v) is 6.74. The van der Waals surface area contributed by atoms with Crippen molar-refractivity contribution in [3.63, 3.8) is 0 Å². The number of fused-ring (bicyclic) bond motifs is 1. The van der Waals surface area contributed by atoms with E-state index >= 15 is 0 Å². The zero-order valence-corrected chi connectivity index (χ0v) is 23.1. The maximum atomic E-state index is 14.5. The van der Waals surface area contributed by atoms with Crippen molar-refractivity contribution in [2.75, 3.05) is 52.8 Å². The number of aromatic nitrogens is 2. The summed E-state index contributed by atoms with van der Waals surface area (Å²) in [7, 11) is 5.72. The normalized spacial score (nSPS) is 14.5. The van der Waals surface area contributed by atoms with Crippen LogP contribution in [0.2, 0.25) is 0 Å². The van der Waals surface area contributed by atoms with E-state index in [1.165, 1.54) is 0 Å². The van der Waals surface area contributed by atoms with Gasteiger partial charge in [-0.05, 0) is 75.7 Å². The van der Waals surface area contributed by atoms with Gasteiger partial charge in [-0.25, -0.2) is 4.39 Å². The van der Waals surface area contributed by atoms with E-state index in [0.717, 1.165) is 85.5 Å². The molecule has 202 valence electrons. The van der Waals surface area contributed by atoms with Crippen LogP contribution in [0.15, 0.2) is 36.4 Å². The molecular formula is C28H39ClFN5O2. The molecule has 0 atom stereocenters. The van der Waals surface area contributed by atoms with Gasteiger partial charge < -0.3 is 19.7 Å². The number of nitrogens with one attached hydrogen (secondary N) is 1. The van der Waals surface area contributed by atoms with Gasteiger partial charge in [-0.15, -0.1) is 17.5 Å². The number of nitrogens with zero attached hydrogens (tertiary/aromatic N) is 4. The van der Waals surface area contributed by atoms with Crippen LogP contribution in [-0.2, 0) is 13.0 Å². The number of ether oxygens (including phenoxy) is 2. The first kappa shape index (κ1) is 28.9. The van der Waals surface area contributed by atoms with Gasteiger partial charge in [0.15, 0.2) is 17.4 Å². The highest BCUT2D eigenvalue weighted by Crippen LogP contribution is 2.29. The van der Waals surface area contributed by atoms with Gasteiger partial charge in [0.05, 0.1) is 19.4 Å². The minimum absolute atomic E-state index is 0. The highest BCUT2D eigenvalue weighted by Gasteiger charge is 2.21. The number of hydrogen-bond acceptors (Lipinski definition) is 7.